The predicted molar refractivity (Wildman–Crippen MR) is 23.0 cm³/mol. The molecule has 0 aliphatic rings. The third kappa shape index (κ3) is 2.30. The summed E-state index contributed by atoms with van der Waals surface area (Å²) in [6.07, 6.45) is 0. The Labute approximate surface area is 52.0 Å². The van der Waals surface area contributed by atoms with Crippen LogP contribution < -0.4 is 0 Å². The van der Waals surface area contributed by atoms with Gasteiger partial charge in [-0.2, -0.15) is 0 Å². The second-order valence-electron chi connectivity index (χ2n) is 0.996. The molecule has 0 rings (SSSR count). The van der Waals surface area contributed by atoms with E-state index in [0.29, 0.717) is 0 Å². The molecular formula is CBrF5Ge. The van der Waals surface area contributed by atoms with E-state index in [4.69, 9.17) is 0 Å². The van der Waals surface area contributed by atoms with Crippen molar-refractivity contribution in [3.05, 3.63) is 0 Å². The van der Waals surface area contributed by atoms with Crippen LogP contribution in [0.4, 0.5) is 20.2 Å². The zero-order chi connectivity index (χ0) is 7.00. The van der Waals surface area contributed by atoms with Crippen molar-refractivity contribution < 1.29 is 20.2 Å². The van der Waals surface area contributed by atoms with Crippen LogP contribution in [0.5, 0.6) is 0 Å². The summed E-state index contributed by atoms with van der Waals surface area (Å²) in [6.45, 7) is 0. The Morgan fingerprint density at radius 2 is 1.25 bits per heavy atom. The number of hydrogen-bond acceptors (Lipinski definition) is 0. The first-order valence-electron chi connectivity index (χ1n) is 1.38. The van der Waals surface area contributed by atoms with E-state index in [9.17, 15) is 20.2 Å². The summed E-state index contributed by atoms with van der Waals surface area (Å²) in [7, 11) is 0. The molecule has 0 aromatic heterocycles. The first-order chi connectivity index (χ1) is 3.25. The van der Waals surface area contributed by atoms with Gasteiger partial charge in [-0.1, -0.05) is 0 Å². The van der Waals surface area contributed by atoms with Crippen LogP contribution in [-0.4, -0.2) is 17.4 Å². The number of rotatable bonds is 0. The van der Waals surface area contributed by atoms with Crippen LogP contribution in [0.15, 0.2) is 0 Å². The summed E-state index contributed by atoms with van der Waals surface area (Å²) in [4.78, 5) is 0. The van der Waals surface area contributed by atoms with Gasteiger partial charge in [-0.25, -0.2) is 0 Å². The second kappa shape index (κ2) is 2.13. The van der Waals surface area contributed by atoms with Gasteiger partial charge in [-0.15, -0.1) is 0 Å². The molecule has 50 valence electrons. The molecule has 0 bridgehead atoms. The molecule has 0 aromatic carbocycles. The van der Waals surface area contributed by atoms with Gasteiger partial charge in [0.2, 0.25) is 0 Å². The zero-order valence-corrected chi connectivity index (χ0v) is 6.95. The summed E-state index contributed by atoms with van der Waals surface area (Å²) in [5, 5.41) is -5.29. The molecular weight excluding hydrogens is 260 g/mol. The molecule has 0 saturated heterocycles. The Balaban J connectivity index is 4.02. The monoisotopic (exact) mass is 260 g/mol. The topological polar surface area (TPSA) is 0 Å². The molecule has 0 fully saturated rings. The summed E-state index contributed by atoms with van der Waals surface area (Å²) < 4.78 is 55.0. The van der Waals surface area contributed by atoms with Crippen LogP contribution in [0.3, 0.4) is 0 Å². The van der Waals surface area contributed by atoms with Gasteiger partial charge in [0.1, 0.15) is 0 Å². The van der Waals surface area contributed by atoms with Crippen LogP contribution in [-0.2, 0) is 0 Å². The Morgan fingerprint density at radius 3 is 1.25 bits per heavy atom. The summed E-state index contributed by atoms with van der Waals surface area (Å²) in [5.41, 5.74) is 0. The number of hydrogen-bond donors (Lipinski definition) is 0. The van der Waals surface area contributed by atoms with Gasteiger partial charge < -0.3 is 0 Å². The van der Waals surface area contributed by atoms with Crippen LogP contribution in [0, 0.1) is 0 Å². The molecule has 0 spiro atoms. The predicted octanol–water partition coefficient (Wildman–Crippen LogP) is 2.36. The molecule has 0 heterocycles. The van der Waals surface area contributed by atoms with Gasteiger partial charge in [0.25, 0.3) is 0 Å². The first-order valence-corrected chi connectivity index (χ1v) is 8.93. The fourth-order valence-corrected chi connectivity index (χ4v) is 0. The third-order valence-electron chi connectivity index (χ3n) is 0.321. The molecule has 0 aliphatic heterocycles. The molecule has 8 heavy (non-hydrogen) atoms. The average Bonchev–Trinajstić information content (AvgIpc) is 1.25. The van der Waals surface area contributed by atoms with Gasteiger partial charge in [0, 0.05) is 0 Å². The number of halogens is 6. The van der Waals surface area contributed by atoms with Gasteiger partial charge in [0.15, 0.2) is 0 Å². The molecule has 0 atom stereocenters. The standard InChI is InChI=1S/CBrF5Ge/c2-8(6,7)1(3,4)5. The minimum atomic E-state index is -6.50. The minimum absolute atomic E-state index is 1.33. The Bertz CT molecular complexity index is 67.4. The van der Waals surface area contributed by atoms with Gasteiger partial charge in [-0.3, -0.25) is 0 Å². The van der Waals surface area contributed by atoms with E-state index < -0.39 is 17.4 Å². The van der Waals surface area contributed by atoms with E-state index in [1.54, 1.807) is 0 Å². The molecule has 0 amide bonds. The van der Waals surface area contributed by atoms with E-state index >= 15 is 0 Å². The van der Waals surface area contributed by atoms with Crippen molar-refractivity contribution in [3.63, 3.8) is 0 Å². The average molecular weight is 260 g/mol. The van der Waals surface area contributed by atoms with Crippen LogP contribution in [0.2, 0.25) is 0 Å². The van der Waals surface area contributed by atoms with Crippen LogP contribution in [0.1, 0.15) is 0 Å². The normalized spacial score (nSPS) is 14.2. The molecule has 0 aromatic rings. The number of alkyl halides is 3. The van der Waals surface area contributed by atoms with Crippen LogP contribution >= 0.6 is 14.0 Å². The fraction of sp³-hybridized carbons (Fsp3) is 1.00. The Hall–Kier alpha value is 0.673. The quantitative estimate of drug-likeness (QED) is 0.463. The fourth-order valence-electron chi connectivity index (χ4n) is 0. The zero-order valence-electron chi connectivity index (χ0n) is 3.27. The van der Waals surface area contributed by atoms with Gasteiger partial charge in [0.05, 0.1) is 0 Å². The van der Waals surface area contributed by atoms with E-state index in [1.807, 2.05) is 0 Å². The third-order valence-corrected chi connectivity index (χ3v) is 4.01. The maximum absolute atomic E-state index is 11.2. The van der Waals surface area contributed by atoms with Crippen molar-refractivity contribution in [2.75, 3.05) is 0 Å². The van der Waals surface area contributed by atoms with E-state index in [0.717, 1.165) is 0 Å². The molecule has 7 heteroatoms. The van der Waals surface area contributed by atoms with Crippen molar-refractivity contribution in [2.24, 2.45) is 0 Å². The van der Waals surface area contributed by atoms with E-state index in [2.05, 4.69) is 0 Å². The van der Waals surface area contributed by atoms with Crippen molar-refractivity contribution >= 4 is 26.4 Å². The molecule has 0 saturated carbocycles. The van der Waals surface area contributed by atoms with E-state index in [1.165, 1.54) is 14.0 Å². The van der Waals surface area contributed by atoms with Gasteiger partial charge >= 0.3 is 51.5 Å². The SMILES string of the molecule is F[C](F)(F)[Ge]([F])([F])[Br]. The maximum atomic E-state index is 11.2. The summed E-state index contributed by atoms with van der Waals surface area (Å²) in [5.74, 6) is 0. The molecule has 0 radical (unpaired) electrons. The Kier molecular flexibility index (Phi) is 2.31. The van der Waals surface area contributed by atoms with E-state index in [-0.39, 0.29) is 0 Å². The molecule has 0 nitrogen and oxygen atoms in total. The molecule has 0 N–H and O–H groups in total. The van der Waals surface area contributed by atoms with Crippen molar-refractivity contribution in [1.29, 1.82) is 0 Å². The van der Waals surface area contributed by atoms with Crippen LogP contribution in [0.25, 0.3) is 0 Å². The van der Waals surface area contributed by atoms with Gasteiger partial charge in [-0.05, 0) is 0 Å². The summed E-state index contributed by atoms with van der Waals surface area (Å²) >= 11 is -5.17. The first kappa shape index (κ1) is 8.67. The molecule has 0 unspecified atom stereocenters. The molecule has 0 aliphatic carbocycles. The second-order valence-corrected chi connectivity index (χ2v) is 9.45. The summed E-state index contributed by atoms with van der Waals surface area (Å²) in [6, 6.07) is 0. The van der Waals surface area contributed by atoms with Crippen molar-refractivity contribution in [2.45, 2.75) is 5.01 Å². The van der Waals surface area contributed by atoms with Crippen molar-refractivity contribution in [3.8, 4) is 0 Å². The Morgan fingerprint density at radius 1 is 1.12 bits per heavy atom. The van der Waals surface area contributed by atoms with Crippen molar-refractivity contribution in [1.82, 2.24) is 0 Å².